The van der Waals surface area contributed by atoms with Crippen LogP contribution in [0.15, 0.2) is 23.1 Å². The Balaban J connectivity index is 0. The van der Waals surface area contributed by atoms with Crippen molar-refractivity contribution in [1.29, 1.82) is 0 Å². The topological polar surface area (TPSA) is 147 Å². The summed E-state index contributed by atoms with van der Waals surface area (Å²) in [6.07, 6.45) is 0. The van der Waals surface area contributed by atoms with E-state index in [1.54, 1.807) is 0 Å². The average Bonchev–Trinajstić information content (AvgIpc) is 2.45. The molecule has 0 aliphatic rings. The largest absolute Gasteiger partial charge is 1.00 e. The summed E-state index contributed by atoms with van der Waals surface area (Å²) in [4.78, 5) is 22.2. The van der Waals surface area contributed by atoms with Crippen LogP contribution in [-0.4, -0.2) is 61.5 Å². The fourth-order valence-electron chi connectivity index (χ4n) is 1.48. The molecule has 0 bridgehead atoms. The van der Waals surface area contributed by atoms with E-state index in [1.807, 2.05) is 0 Å². The van der Waals surface area contributed by atoms with Gasteiger partial charge >= 0.3 is 41.5 Å². The zero-order chi connectivity index (χ0) is 16.8. The molecule has 23 heavy (non-hydrogen) atoms. The quantitative estimate of drug-likeness (QED) is 0.190. The van der Waals surface area contributed by atoms with Crippen LogP contribution >= 0.6 is 0 Å². The first-order valence-electron chi connectivity index (χ1n) is 5.98. The molecule has 124 valence electrons. The molecular formula is C12H15NaO9S. The van der Waals surface area contributed by atoms with Crippen molar-refractivity contribution >= 4 is 22.1 Å². The van der Waals surface area contributed by atoms with Gasteiger partial charge in [-0.1, -0.05) is 0 Å². The number of carbonyl (C=O) groups is 2. The van der Waals surface area contributed by atoms with E-state index in [2.05, 4.69) is 0 Å². The van der Waals surface area contributed by atoms with Gasteiger partial charge in [-0.15, -0.1) is 0 Å². The summed E-state index contributed by atoms with van der Waals surface area (Å²) in [6, 6.07) is 2.49. The van der Waals surface area contributed by atoms with Gasteiger partial charge in [0.2, 0.25) is 0 Å². The van der Waals surface area contributed by atoms with Gasteiger partial charge in [0, 0.05) is 0 Å². The van der Waals surface area contributed by atoms with Gasteiger partial charge in [0.05, 0.1) is 35.8 Å². The van der Waals surface area contributed by atoms with Gasteiger partial charge in [0.25, 0.3) is 10.1 Å². The summed E-state index contributed by atoms with van der Waals surface area (Å²) in [5.41, 5.74) is -0.974. The molecule has 0 aromatic heterocycles. The van der Waals surface area contributed by atoms with E-state index in [0.717, 1.165) is 12.1 Å². The fourth-order valence-corrected chi connectivity index (χ4v) is 1.98. The average molecular weight is 358 g/mol. The molecule has 0 aliphatic carbocycles. The number of ether oxygens (including phenoxy) is 2. The van der Waals surface area contributed by atoms with Crippen LogP contribution in [0, 0.1) is 0 Å². The van der Waals surface area contributed by atoms with Crippen molar-refractivity contribution in [3.05, 3.63) is 29.3 Å². The molecule has 0 radical (unpaired) electrons. The molecule has 0 fully saturated rings. The molecule has 11 heteroatoms. The third kappa shape index (κ3) is 6.96. The van der Waals surface area contributed by atoms with E-state index in [4.69, 9.17) is 24.2 Å². The Morgan fingerprint density at radius 3 is 2.30 bits per heavy atom. The van der Waals surface area contributed by atoms with Crippen molar-refractivity contribution < 1.29 is 73.2 Å². The molecule has 9 nitrogen and oxygen atoms in total. The Kier molecular flexibility index (Phi) is 9.54. The summed E-state index contributed by atoms with van der Waals surface area (Å²) in [6.45, 7) is -0.273. The van der Waals surface area contributed by atoms with E-state index >= 15 is 0 Å². The van der Waals surface area contributed by atoms with E-state index in [-0.39, 0.29) is 63.0 Å². The molecule has 1 rings (SSSR count). The molecule has 0 saturated heterocycles. The first-order chi connectivity index (χ1) is 10.3. The number of aromatic carboxylic acids is 1. The number of carboxylic acids is 1. The second-order valence-electron chi connectivity index (χ2n) is 3.96. The minimum Gasteiger partial charge on any atom is -1.00 e. The van der Waals surface area contributed by atoms with Crippen molar-refractivity contribution in [2.75, 3.05) is 26.4 Å². The number of aliphatic hydroxyl groups is 1. The second kappa shape index (κ2) is 9.98. The number of carboxylic acid groups (broad SMARTS) is 1. The maximum atomic E-state index is 11.8. The van der Waals surface area contributed by atoms with Crippen molar-refractivity contribution in [2.45, 2.75) is 4.90 Å². The van der Waals surface area contributed by atoms with Crippen LogP contribution in [0.2, 0.25) is 0 Å². The van der Waals surface area contributed by atoms with Crippen LogP contribution < -0.4 is 29.6 Å². The van der Waals surface area contributed by atoms with Crippen molar-refractivity contribution in [3.63, 3.8) is 0 Å². The van der Waals surface area contributed by atoms with Gasteiger partial charge in [-0.3, -0.25) is 4.55 Å². The molecule has 0 unspecified atom stereocenters. The minimum atomic E-state index is -4.59. The predicted molar refractivity (Wildman–Crippen MR) is 72.5 cm³/mol. The predicted octanol–water partition coefficient (Wildman–Crippen LogP) is -3.09. The summed E-state index contributed by atoms with van der Waals surface area (Å²) in [7, 11) is -4.59. The zero-order valence-corrected chi connectivity index (χ0v) is 15.1. The SMILES string of the molecule is O=C(O)c1cc(S(=O)(=O)O)ccc1C(=O)OCCOCCO.[H-].[Na+]. The molecule has 0 heterocycles. The number of benzene rings is 1. The first-order valence-corrected chi connectivity index (χ1v) is 7.42. The summed E-state index contributed by atoms with van der Waals surface area (Å²) >= 11 is 0. The Labute approximate surface area is 155 Å². The number of esters is 1. The molecule has 0 spiro atoms. The zero-order valence-electron chi connectivity index (χ0n) is 13.3. The van der Waals surface area contributed by atoms with Crippen LogP contribution in [0.1, 0.15) is 22.1 Å². The van der Waals surface area contributed by atoms with Crippen LogP contribution in [0.25, 0.3) is 0 Å². The van der Waals surface area contributed by atoms with Gasteiger partial charge in [0.15, 0.2) is 0 Å². The monoisotopic (exact) mass is 358 g/mol. The molecule has 3 N–H and O–H groups in total. The number of aliphatic hydroxyl groups excluding tert-OH is 1. The first kappa shape index (κ1) is 22.0. The van der Waals surface area contributed by atoms with E-state index in [0.29, 0.717) is 6.07 Å². The Morgan fingerprint density at radius 2 is 1.78 bits per heavy atom. The Hall–Kier alpha value is -1.01. The molecule has 1 aromatic carbocycles. The third-order valence-corrected chi connectivity index (χ3v) is 3.29. The van der Waals surface area contributed by atoms with Crippen LogP contribution in [0.4, 0.5) is 0 Å². The Morgan fingerprint density at radius 1 is 1.13 bits per heavy atom. The van der Waals surface area contributed by atoms with Crippen LogP contribution in [-0.2, 0) is 19.6 Å². The third-order valence-electron chi connectivity index (χ3n) is 2.44. The van der Waals surface area contributed by atoms with Gasteiger partial charge in [-0.25, -0.2) is 9.59 Å². The summed E-state index contributed by atoms with van der Waals surface area (Å²) < 4.78 is 40.4. The normalized spacial score (nSPS) is 10.7. The minimum absolute atomic E-state index is 0. The number of hydrogen-bond acceptors (Lipinski definition) is 7. The van der Waals surface area contributed by atoms with Gasteiger partial charge in [-0.2, -0.15) is 8.42 Å². The van der Waals surface area contributed by atoms with E-state index in [9.17, 15) is 18.0 Å². The molecule has 1 aromatic rings. The summed E-state index contributed by atoms with van der Waals surface area (Å²) in [5, 5.41) is 17.5. The van der Waals surface area contributed by atoms with Gasteiger partial charge < -0.3 is 21.1 Å². The summed E-state index contributed by atoms with van der Waals surface area (Å²) in [5.74, 6) is -2.53. The fraction of sp³-hybridized carbons (Fsp3) is 0.333. The molecular weight excluding hydrogens is 343 g/mol. The Bertz CT molecular complexity index is 662. The van der Waals surface area contributed by atoms with Crippen molar-refractivity contribution in [3.8, 4) is 0 Å². The molecule has 0 aliphatic heterocycles. The smallest absolute Gasteiger partial charge is 1.00 e. The van der Waals surface area contributed by atoms with Crippen molar-refractivity contribution in [1.82, 2.24) is 0 Å². The molecule has 0 amide bonds. The number of rotatable bonds is 8. The van der Waals surface area contributed by atoms with E-state index in [1.165, 1.54) is 0 Å². The number of carbonyl (C=O) groups excluding carboxylic acids is 1. The standard InChI is InChI=1S/C12H14O9S.Na.H/c13-3-4-20-5-6-21-12(16)9-2-1-8(22(17,18)19)7-10(9)11(14)15;;/h1-2,7,13H,3-6H2,(H,14,15)(H,17,18,19);;/q;+1;-1. The van der Waals surface area contributed by atoms with Crippen LogP contribution in [0.3, 0.4) is 0 Å². The van der Waals surface area contributed by atoms with Crippen LogP contribution in [0.5, 0.6) is 0 Å². The molecule has 0 atom stereocenters. The maximum absolute atomic E-state index is 11.8. The van der Waals surface area contributed by atoms with Gasteiger partial charge in [-0.05, 0) is 18.2 Å². The van der Waals surface area contributed by atoms with Crippen molar-refractivity contribution in [2.24, 2.45) is 0 Å². The van der Waals surface area contributed by atoms with Gasteiger partial charge in [0.1, 0.15) is 6.61 Å². The second-order valence-corrected chi connectivity index (χ2v) is 5.38. The number of hydrogen-bond donors (Lipinski definition) is 3. The molecule has 0 saturated carbocycles. The maximum Gasteiger partial charge on any atom is 1.00 e. The van der Waals surface area contributed by atoms with E-state index < -0.39 is 32.5 Å².